The normalized spacial score (nSPS) is 13.2. The van der Waals surface area contributed by atoms with Crippen LogP contribution >= 0.6 is 11.6 Å². The molecule has 2 heterocycles. The van der Waals surface area contributed by atoms with Crippen molar-refractivity contribution < 1.29 is 22.7 Å². The van der Waals surface area contributed by atoms with Crippen molar-refractivity contribution in [3.8, 4) is 5.75 Å². The van der Waals surface area contributed by atoms with Crippen molar-refractivity contribution in [3.63, 3.8) is 0 Å². The number of amides is 1. The van der Waals surface area contributed by atoms with Crippen LogP contribution in [0.2, 0.25) is 5.15 Å². The molecule has 1 aromatic heterocycles. The summed E-state index contributed by atoms with van der Waals surface area (Å²) < 4.78 is 32.6. The minimum absolute atomic E-state index is 0.0207. The Kier molecular flexibility index (Phi) is 6.16. The van der Waals surface area contributed by atoms with Crippen molar-refractivity contribution in [1.29, 1.82) is 0 Å². The van der Waals surface area contributed by atoms with Crippen LogP contribution in [0.1, 0.15) is 5.56 Å². The van der Waals surface area contributed by atoms with Crippen molar-refractivity contribution in [1.82, 2.24) is 10.2 Å². The van der Waals surface area contributed by atoms with E-state index in [0.717, 1.165) is 5.56 Å². The Balaban J connectivity index is 1.41. The predicted octanol–water partition coefficient (Wildman–Crippen LogP) is 2.60. The van der Waals surface area contributed by atoms with Gasteiger partial charge in [-0.2, -0.15) is 0 Å². The molecule has 0 spiro atoms. The highest BCUT2D eigenvalue weighted by Gasteiger charge is 2.25. The van der Waals surface area contributed by atoms with Gasteiger partial charge in [0.2, 0.25) is 5.91 Å². The Bertz CT molecular complexity index is 1310. The van der Waals surface area contributed by atoms with Gasteiger partial charge in [0, 0.05) is 5.69 Å². The van der Waals surface area contributed by atoms with E-state index in [0.29, 0.717) is 17.1 Å². The molecule has 2 N–H and O–H groups in total. The van der Waals surface area contributed by atoms with Crippen LogP contribution in [-0.2, 0) is 19.6 Å². The first-order valence-electron chi connectivity index (χ1n) is 9.68. The van der Waals surface area contributed by atoms with Crippen molar-refractivity contribution >= 4 is 50.7 Å². The summed E-state index contributed by atoms with van der Waals surface area (Å²) in [7, 11) is -3.91. The molecule has 10 nitrogen and oxygen atoms in total. The molecule has 1 aliphatic heterocycles. The molecule has 0 radical (unpaired) electrons. The number of esters is 1. The zero-order chi connectivity index (χ0) is 23.6. The van der Waals surface area contributed by atoms with Gasteiger partial charge >= 0.3 is 5.97 Å². The van der Waals surface area contributed by atoms with Crippen LogP contribution < -0.4 is 19.7 Å². The molecular formula is C21H18ClN5O5S. The molecule has 2 aromatic carbocycles. The standard InChI is InChI=1S/C21H18ClN5O5S/c1-13-2-7-16-17(10-13)32-21(29)12-27(16)11-20(28)23-14-3-5-15(6-4-14)33(30,31)26-19-9-8-18(22)24-25-19/h2-10H,11-12H2,1H3,(H,23,28)(H,25,26). The second kappa shape index (κ2) is 9.04. The molecule has 33 heavy (non-hydrogen) atoms. The average molecular weight is 488 g/mol. The molecule has 4 rings (SSSR count). The van der Waals surface area contributed by atoms with Gasteiger partial charge in [0.15, 0.2) is 16.7 Å². The Labute approximate surface area is 194 Å². The molecule has 3 aromatic rings. The summed E-state index contributed by atoms with van der Waals surface area (Å²) in [6.07, 6.45) is 0. The van der Waals surface area contributed by atoms with E-state index in [4.69, 9.17) is 16.3 Å². The second-order valence-corrected chi connectivity index (χ2v) is 9.29. The molecule has 170 valence electrons. The number of sulfonamides is 1. The first-order chi connectivity index (χ1) is 15.7. The number of benzene rings is 2. The first kappa shape index (κ1) is 22.5. The number of carbonyl (C=O) groups excluding carboxylic acids is 2. The molecule has 0 atom stereocenters. The molecule has 0 fully saturated rings. The summed E-state index contributed by atoms with van der Waals surface area (Å²) in [5.74, 6) is -0.395. The molecule has 1 amide bonds. The number of rotatable bonds is 6. The van der Waals surface area contributed by atoms with E-state index in [9.17, 15) is 18.0 Å². The first-order valence-corrected chi connectivity index (χ1v) is 11.5. The van der Waals surface area contributed by atoms with Gasteiger partial charge in [-0.3, -0.25) is 9.52 Å². The van der Waals surface area contributed by atoms with Crippen LogP contribution in [0.4, 0.5) is 17.2 Å². The maximum absolute atomic E-state index is 12.6. The Morgan fingerprint density at radius 1 is 1.12 bits per heavy atom. The monoisotopic (exact) mass is 487 g/mol. The van der Waals surface area contributed by atoms with Gasteiger partial charge in [0.1, 0.15) is 6.54 Å². The van der Waals surface area contributed by atoms with Crippen LogP contribution in [0.5, 0.6) is 5.75 Å². The lowest BCUT2D eigenvalue weighted by Crippen LogP contribution is -2.41. The van der Waals surface area contributed by atoms with Crippen LogP contribution in [0.25, 0.3) is 0 Å². The van der Waals surface area contributed by atoms with Gasteiger partial charge in [0.25, 0.3) is 10.0 Å². The van der Waals surface area contributed by atoms with E-state index >= 15 is 0 Å². The number of anilines is 3. The Morgan fingerprint density at radius 3 is 2.58 bits per heavy atom. The highest BCUT2D eigenvalue weighted by Crippen LogP contribution is 2.32. The molecule has 0 unspecified atom stereocenters. The number of carbonyl (C=O) groups is 2. The average Bonchev–Trinajstić information content (AvgIpc) is 2.75. The zero-order valence-corrected chi connectivity index (χ0v) is 18.9. The highest BCUT2D eigenvalue weighted by atomic mass is 35.5. The lowest BCUT2D eigenvalue weighted by atomic mass is 10.1. The van der Waals surface area contributed by atoms with Gasteiger partial charge in [-0.25, -0.2) is 13.2 Å². The number of hydrogen-bond acceptors (Lipinski definition) is 8. The van der Waals surface area contributed by atoms with Gasteiger partial charge in [-0.1, -0.05) is 17.7 Å². The summed E-state index contributed by atoms with van der Waals surface area (Å²) in [5.41, 5.74) is 1.97. The molecular weight excluding hydrogens is 470 g/mol. The maximum Gasteiger partial charge on any atom is 0.331 e. The minimum Gasteiger partial charge on any atom is -0.423 e. The Morgan fingerprint density at radius 2 is 1.88 bits per heavy atom. The number of aromatic nitrogens is 2. The van der Waals surface area contributed by atoms with Gasteiger partial charge in [-0.15, -0.1) is 10.2 Å². The SMILES string of the molecule is Cc1ccc2c(c1)OC(=O)CN2CC(=O)Nc1ccc(S(=O)(=O)Nc2ccc(Cl)nn2)cc1. The number of nitrogens with one attached hydrogen (secondary N) is 2. The van der Waals surface area contributed by atoms with Crippen molar-refractivity contribution in [3.05, 3.63) is 65.3 Å². The third-order valence-electron chi connectivity index (χ3n) is 4.65. The van der Waals surface area contributed by atoms with Gasteiger partial charge in [0.05, 0.1) is 17.1 Å². The lowest BCUT2D eigenvalue weighted by molar-refractivity contribution is -0.133. The minimum atomic E-state index is -3.91. The van der Waals surface area contributed by atoms with E-state index in [-0.39, 0.29) is 34.9 Å². The van der Waals surface area contributed by atoms with Crippen molar-refractivity contribution in [2.45, 2.75) is 11.8 Å². The van der Waals surface area contributed by atoms with E-state index < -0.39 is 16.0 Å². The van der Waals surface area contributed by atoms with E-state index in [1.807, 2.05) is 13.0 Å². The predicted molar refractivity (Wildman–Crippen MR) is 122 cm³/mol. The Hall–Kier alpha value is -3.70. The van der Waals surface area contributed by atoms with E-state index in [1.165, 1.54) is 36.4 Å². The molecule has 0 aliphatic carbocycles. The molecule has 0 saturated heterocycles. The fraction of sp³-hybridized carbons (Fsp3) is 0.143. The smallest absolute Gasteiger partial charge is 0.331 e. The summed E-state index contributed by atoms with van der Waals surface area (Å²) in [5, 5.41) is 10.1. The summed E-state index contributed by atoms with van der Waals surface area (Å²) in [6.45, 7) is 1.74. The van der Waals surface area contributed by atoms with Crippen molar-refractivity contribution in [2.75, 3.05) is 28.0 Å². The molecule has 12 heteroatoms. The fourth-order valence-electron chi connectivity index (χ4n) is 3.16. The number of ether oxygens (including phenoxy) is 1. The summed E-state index contributed by atoms with van der Waals surface area (Å²) in [6, 6.07) is 13.8. The second-order valence-electron chi connectivity index (χ2n) is 7.22. The quantitative estimate of drug-likeness (QED) is 0.400. The van der Waals surface area contributed by atoms with Crippen LogP contribution in [0.15, 0.2) is 59.5 Å². The van der Waals surface area contributed by atoms with E-state index in [1.54, 1.807) is 17.0 Å². The largest absolute Gasteiger partial charge is 0.423 e. The summed E-state index contributed by atoms with van der Waals surface area (Å²) >= 11 is 5.65. The molecule has 1 aliphatic rings. The molecule has 0 saturated carbocycles. The number of fused-ring (bicyclic) bond motifs is 1. The fourth-order valence-corrected chi connectivity index (χ4v) is 4.26. The third-order valence-corrected chi connectivity index (χ3v) is 6.23. The van der Waals surface area contributed by atoms with Crippen LogP contribution in [0.3, 0.4) is 0 Å². The van der Waals surface area contributed by atoms with E-state index in [2.05, 4.69) is 20.2 Å². The highest BCUT2D eigenvalue weighted by molar-refractivity contribution is 7.92. The van der Waals surface area contributed by atoms with Crippen molar-refractivity contribution in [2.24, 2.45) is 0 Å². The zero-order valence-electron chi connectivity index (χ0n) is 17.3. The topological polar surface area (TPSA) is 131 Å². The van der Waals surface area contributed by atoms with Crippen LogP contribution in [0, 0.1) is 6.92 Å². The van der Waals surface area contributed by atoms with Crippen LogP contribution in [-0.4, -0.2) is 43.6 Å². The number of halogens is 1. The maximum atomic E-state index is 12.6. The number of nitrogens with zero attached hydrogens (tertiary/aromatic N) is 3. The number of aryl methyl sites for hydroxylation is 1. The number of hydrogen-bond donors (Lipinski definition) is 2. The van der Waals surface area contributed by atoms with Gasteiger partial charge < -0.3 is 15.0 Å². The molecule has 0 bridgehead atoms. The lowest BCUT2D eigenvalue weighted by Gasteiger charge is -2.29. The third kappa shape index (κ3) is 5.38. The van der Waals surface area contributed by atoms with Gasteiger partial charge in [-0.05, 0) is 61.0 Å². The summed E-state index contributed by atoms with van der Waals surface area (Å²) in [4.78, 5) is 26.0.